The van der Waals surface area contributed by atoms with E-state index in [1.54, 1.807) is 6.07 Å². The number of anilines is 1. The smallest absolute Gasteiger partial charge is 0.170 e. The standard InChI is InChI=1S/C12H17ClFN3S/c1-17(2)7-3-6-15-12(18)16-9-4-5-11(14)10(13)8-9/h4-5,8H,3,6-7H2,1-2H3,(H2,15,16,18)/p+1. The van der Waals surface area contributed by atoms with E-state index in [2.05, 4.69) is 24.7 Å². The second kappa shape index (κ2) is 7.51. The molecule has 1 rings (SSSR count). The molecule has 1 aromatic rings. The van der Waals surface area contributed by atoms with Crippen LogP contribution < -0.4 is 15.5 Å². The monoisotopic (exact) mass is 290 g/mol. The summed E-state index contributed by atoms with van der Waals surface area (Å²) in [6, 6.07) is 4.41. The van der Waals surface area contributed by atoms with Crippen molar-refractivity contribution in [2.75, 3.05) is 32.5 Å². The molecule has 100 valence electrons. The fourth-order valence-electron chi connectivity index (χ4n) is 1.39. The first-order chi connectivity index (χ1) is 8.49. The molecule has 18 heavy (non-hydrogen) atoms. The Morgan fingerprint density at radius 3 is 2.78 bits per heavy atom. The van der Waals surface area contributed by atoms with E-state index in [4.69, 9.17) is 23.8 Å². The molecule has 1 aromatic carbocycles. The van der Waals surface area contributed by atoms with Gasteiger partial charge in [-0.1, -0.05) is 11.6 Å². The van der Waals surface area contributed by atoms with E-state index < -0.39 is 5.82 Å². The average molecular weight is 291 g/mol. The van der Waals surface area contributed by atoms with E-state index in [-0.39, 0.29) is 5.02 Å². The molecule has 0 fully saturated rings. The van der Waals surface area contributed by atoms with E-state index in [1.807, 2.05) is 0 Å². The Morgan fingerprint density at radius 2 is 2.17 bits per heavy atom. The molecule has 0 spiro atoms. The van der Waals surface area contributed by atoms with E-state index in [0.717, 1.165) is 19.5 Å². The van der Waals surface area contributed by atoms with Crippen LogP contribution >= 0.6 is 23.8 Å². The van der Waals surface area contributed by atoms with Gasteiger partial charge in [0.1, 0.15) is 5.82 Å². The van der Waals surface area contributed by atoms with Crippen molar-refractivity contribution in [2.24, 2.45) is 0 Å². The molecule has 3 N–H and O–H groups in total. The molecular weight excluding hydrogens is 273 g/mol. The third-order valence-electron chi connectivity index (χ3n) is 2.32. The van der Waals surface area contributed by atoms with E-state index in [0.29, 0.717) is 10.8 Å². The SMILES string of the molecule is C[NH+](C)CCCNC(=S)Nc1ccc(F)c(Cl)c1. The van der Waals surface area contributed by atoms with Gasteiger partial charge in [0, 0.05) is 18.7 Å². The van der Waals surface area contributed by atoms with Crippen LogP contribution in [-0.2, 0) is 0 Å². The van der Waals surface area contributed by atoms with Crippen LogP contribution in [0.2, 0.25) is 5.02 Å². The molecular formula is C12H18ClFN3S+. The molecule has 0 saturated heterocycles. The minimum atomic E-state index is -0.435. The highest BCUT2D eigenvalue weighted by Crippen LogP contribution is 2.19. The molecule has 0 saturated carbocycles. The molecule has 3 nitrogen and oxygen atoms in total. The first kappa shape index (κ1) is 15.1. The molecule has 0 radical (unpaired) electrons. The fourth-order valence-corrected chi connectivity index (χ4v) is 1.79. The Bertz CT molecular complexity index is 412. The third-order valence-corrected chi connectivity index (χ3v) is 2.85. The Kier molecular flexibility index (Phi) is 6.32. The fraction of sp³-hybridized carbons (Fsp3) is 0.417. The van der Waals surface area contributed by atoms with Crippen LogP contribution in [0.15, 0.2) is 18.2 Å². The number of benzene rings is 1. The number of hydrogen-bond donors (Lipinski definition) is 3. The highest BCUT2D eigenvalue weighted by Gasteiger charge is 2.02. The van der Waals surface area contributed by atoms with Gasteiger partial charge in [-0.15, -0.1) is 0 Å². The molecule has 0 heterocycles. The van der Waals surface area contributed by atoms with Crippen LogP contribution in [0.25, 0.3) is 0 Å². The van der Waals surface area contributed by atoms with Crippen LogP contribution in [0, 0.1) is 5.82 Å². The molecule has 0 aliphatic carbocycles. The van der Waals surface area contributed by atoms with Crippen molar-refractivity contribution in [2.45, 2.75) is 6.42 Å². The van der Waals surface area contributed by atoms with Gasteiger partial charge in [0.15, 0.2) is 5.11 Å². The van der Waals surface area contributed by atoms with Crippen molar-refractivity contribution in [1.29, 1.82) is 0 Å². The van der Waals surface area contributed by atoms with E-state index in [9.17, 15) is 4.39 Å². The van der Waals surface area contributed by atoms with Gasteiger partial charge in [0.05, 0.1) is 25.7 Å². The first-order valence-corrected chi connectivity index (χ1v) is 6.56. The summed E-state index contributed by atoms with van der Waals surface area (Å²) in [7, 11) is 4.22. The number of halogens is 2. The molecule has 0 atom stereocenters. The number of thiocarbonyl (C=S) groups is 1. The lowest BCUT2D eigenvalue weighted by Gasteiger charge is -2.11. The summed E-state index contributed by atoms with van der Waals surface area (Å²) in [5.41, 5.74) is 0.678. The second-order valence-corrected chi connectivity index (χ2v) is 5.14. The highest BCUT2D eigenvalue weighted by atomic mass is 35.5. The van der Waals surface area contributed by atoms with Gasteiger partial charge in [-0.2, -0.15) is 0 Å². The lowest BCUT2D eigenvalue weighted by atomic mass is 10.3. The van der Waals surface area contributed by atoms with E-state index >= 15 is 0 Å². The van der Waals surface area contributed by atoms with Gasteiger partial charge >= 0.3 is 0 Å². The summed E-state index contributed by atoms with van der Waals surface area (Å²) in [5, 5.41) is 6.65. The predicted molar refractivity (Wildman–Crippen MR) is 77.9 cm³/mol. The molecule has 0 unspecified atom stereocenters. The van der Waals surface area contributed by atoms with Gasteiger partial charge in [-0.3, -0.25) is 0 Å². The van der Waals surface area contributed by atoms with Crippen LogP contribution in [0.5, 0.6) is 0 Å². The minimum absolute atomic E-state index is 0.0824. The average Bonchev–Trinajstić information content (AvgIpc) is 2.29. The zero-order valence-corrected chi connectivity index (χ0v) is 12.1. The number of rotatable bonds is 5. The molecule has 0 aliphatic heterocycles. The zero-order valence-electron chi connectivity index (χ0n) is 10.5. The van der Waals surface area contributed by atoms with Crippen LogP contribution in [0.1, 0.15) is 6.42 Å². The molecule has 0 aliphatic rings. The first-order valence-electron chi connectivity index (χ1n) is 5.78. The van der Waals surface area contributed by atoms with Gasteiger partial charge in [0.2, 0.25) is 0 Å². The van der Waals surface area contributed by atoms with Crippen molar-refractivity contribution in [3.63, 3.8) is 0 Å². The lowest BCUT2D eigenvalue weighted by molar-refractivity contribution is -0.858. The summed E-state index contributed by atoms with van der Waals surface area (Å²) in [6.45, 7) is 1.89. The van der Waals surface area contributed by atoms with Crippen molar-refractivity contribution in [3.8, 4) is 0 Å². The van der Waals surface area contributed by atoms with Crippen molar-refractivity contribution >= 4 is 34.6 Å². The Balaban J connectivity index is 2.33. The predicted octanol–water partition coefficient (Wildman–Crippen LogP) is 1.30. The Hall–Kier alpha value is -0.910. The topological polar surface area (TPSA) is 28.5 Å². The normalized spacial score (nSPS) is 10.5. The maximum Gasteiger partial charge on any atom is 0.170 e. The van der Waals surface area contributed by atoms with E-state index in [1.165, 1.54) is 17.0 Å². The largest absolute Gasteiger partial charge is 0.362 e. The van der Waals surface area contributed by atoms with Gasteiger partial charge in [-0.25, -0.2) is 4.39 Å². The van der Waals surface area contributed by atoms with Gasteiger partial charge < -0.3 is 15.5 Å². The summed E-state index contributed by atoms with van der Waals surface area (Å²) in [4.78, 5) is 1.40. The highest BCUT2D eigenvalue weighted by molar-refractivity contribution is 7.80. The Morgan fingerprint density at radius 1 is 1.44 bits per heavy atom. The molecule has 0 bridgehead atoms. The quantitative estimate of drug-likeness (QED) is 0.564. The van der Waals surface area contributed by atoms with Crippen LogP contribution in [-0.4, -0.2) is 32.3 Å². The molecule has 6 heteroatoms. The van der Waals surface area contributed by atoms with Crippen LogP contribution in [0.4, 0.5) is 10.1 Å². The van der Waals surface area contributed by atoms with Crippen molar-refractivity contribution < 1.29 is 9.29 Å². The summed E-state index contributed by atoms with van der Waals surface area (Å²) < 4.78 is 12.9. The Labute approximate surface area is 117 Å². The molecule has 0 aromatic heterocycles. The van der Waals surface area contributed by atoms with Crippen molar-refractivity contribution in [3.05, 3.63) is 29.0 Å². The maximum absolute atomic E-state index is 12.9. The third kappa shape index (κ3) is 5.62. The zero-order chi connectivity index (χ0) is 13.5. The maximum atomic E-state index is 12.9. The van der Waals surface area contributed by atoms with Crippen molar-refractivity contribution in [1.82, 2.24) is 5.32 Å². The van der Waals surface area contributed by atoms with Gasteiger partial charge in [-0.05, 0) is 30.4 Å². The second-order valence-electron chi connectivity index (χ2n) is 4.32. The lowest BCUT2D eigenvalue weighted by Crippen LogP contribution is -3.05. The number of nitrogens with one attached hydrogen (secondary N) is 3. The number of quaternary nitrogens is 1. The number of hydrogen-bond acceptors (Lipinski definition) is 1. The minimum Gasteiger partial charge on any atom is -0.362 e. The summed E-state index contributed by atoms with van der Waals surface area (Å²) in [5.74, 6) is -0.435. The van der Waals surface area contributed by atoms with Gasteiger partial charge in [0.25, 0.3) is 0 Å². The van der Waals surface area contributed by atoms with Crippen LogP contribution in [0.3, 0.4) is 0 Å². The summed E-state index contributed by atoms with van der Waals surface area (Å²) >= 11 is 10.8. The molecule has 0 amide bonds. The summed E-state index contributed by atoms with van der Waals surface area (Å²) in [6.07, 6.45) is 1.04.